The van der Waals surface area contributed by atoms with E-state index in [1.165, 1.54) is 6.42 Å². The van der Waals surface area contributed by atoms with Gasteiger partial charge in [-0.05, 0) is 42.7 Å². The number of Topliss-reactive ketones (excluding diaryl/α,β-unsaturated/α-hetero) is 1. The fourth-order valence-corrected chi connectivity index (χ4v) is 3.24. The van der Waals surface area contributed by atoms with Gasteiger partial charge in [0.05, 0.1) is 0 Å². The van der Waals surface area contributed by atoms with Crippen LogP contribution in [0, 0.1) is 17.8 Å². The second-order valence-corrected chi connectivity index (χ2v) is 6.55. The first-order valence-corrected chi connectivity index (χ1v) is 7.63. The van der Waals surface area contributed by atoms with Gasteiger partial charge < -0.3 is 0 Å². The highest BCUT2D eigenvalue weighted by Gasteiger charge is 2.29. The molecule has 0 N–H and O–H groups in total. The van der Waals surface area contributed by atoms with Gasteiger partial charge in [-0.25, -0.2) is 0 Å². The third-order valence-electron chi connectivity index (χ3n) is 4.38. The van der Waals surface area contributed by atoms with Crippen LogP contribution in [-0.2, 0) is 11.2 Å². The van der Waals surface area contributed by atoms with Crippen molar-refractivity contribution in [3.63, 3.8) is 0 Å². The van der Waals surface area contributed by atoms with E-state index in [2.05, 4.69) is 29.8 Å². The highest BCUT2D eigenvalue weighted by Crippen LogP contribution is 2.34. The molecule has 1 saturated carbocycles. The van der Waals surface area contributed by atoms with Crippen molar-refractivity contribution in [1.29, 1.82) is 0 Å². The Morgan fingerprint density at radius 3 is 2.61 bits per heavy atom. The van der Waals surface area contributed by atoms with E-state index >= 15 is 0 Å². The van der Waals surface area contributed by atoms with Crippen molar-refractivity contribution in [2.75, 3.05) is 0 Å². The molecule has 0 heterocycles. The van der Waals surface area contributed by atoms with Crippen LogP contribution in [0.15, 0.2) is 28.7 Å². The summed E-state index contributed by atoms with van der Waals surface area (Å²) < 4.78 is 1.05. The molecule has 0 saturated heterocycles. The van der Waals surface area contributed by atoms with Crippen molar-refractivity contribution in [2.24, 2.45) is 17.8 Å². The molecule has 1 fully saturated rings. The van der Waals surface area contributed by atoms with E-state index in [1.807, 2.05) is 24.3 Å². The lowest BCUT2D eigenvalue weighted by molar-refractivity contribution is -0.124. The summed E-state index contributed by atoms with van der Waals surface area (Å²) in [5.41, 5.74) is 1.12. The third kappa shape index (κ3) is 3.23. The van der Waals surface area contributed by atoms with Gasteiger partial charge in [-0.1, -0.05) is 48.0 Å². The normalized spacial score (nSPS) is 28.1. The van der Waals surface area contributed by atoms with Crippen LogP contribution in [0.1, 0.15) is 38.7 Å². The van der Waals surface area contributed by atoms with Crippen LogP contribution in [0.4, 0.5) is 0 Å². The summed E-state index contributed by atoms with van der Waals surface area (Å²) in [7, 11) is 0. The maximum absolute atomic E-state index is 12.4. The molecule has 98 valence electrons. The zero-order valence-electron chi connectivity index (χ0n) is 11.2. The number of benzene rings is 1. The first kappa shape index (κ1) is 13.8. The maximum atomic E-state index is 12.4. The Labute approximate surface area is 118 Å². The number of halogens is 1. The molecule has 0 aromatic heterocycles. The predicted molar refractivity (Wildman–Crippen MR) is 78.5 cm³/mol. The highest BCUT2D eigenvalue weighted by atomic mass is 79.9. The van der Waals surface area contributed by atoms with E-state index in [4.69, 9.17) is 0 Å². The summed E-state index contributed by atoms with van der Waals surface area (Å²) in [6.45, 7) is 4.59. The Morgan fingerprint density at radius 2 is 1.94 bits per heavy atom. The molecule has 0 spiro atoms. The van der Waals surface area contributed by atoms with Gasteiger partial charge in [0.1, 0.15) is 5.78 Å². The minimum absolute atomic E-state index is 0.281. The van der Waals surface area contributed by atoms with Crippen molar-refractivity contribution < 1.29 is 4.79 Å². The van der Waals surface area contributed by atoms with Crippen molar-refractivity contribution in [2.45, 2.75) is 39.5 Å². The standard InChI is InChI=1S/C16H21BrO/c1-11-7-8-14(9-12(11)2)16(18)10-13-5-3-4-6-15(13)17/h3-6,11-12,14H,7-10H2,1-2H3. The van der Waals surface area contributed by atoms with Crippen LogP contribution in [-0.4, -0.2) is 5.78 Å². The summed E-state index contributed by atoms with van der Waals surface area (Å²) >= 11 is 3.52. The average molecular weight is 309 g/mol. The molecule has 3 unspecified atom stereocenters. The molecular weight excluding hydrogens is 288 g/mol. The predicted octanol–water partition coefficient (Wildman–Crippen LogP) is 4.63. The van der Waals surface area contributed by atoms with Crippen LogP contribution < -0.4 is 0 Å². The summed E-state index contributed by atoms with van der Waals surface area (Å²) in [5.74, 6) is 2.16. The third-order valence-corrected chi connectivity index (χ3v) is 5.15. The molecule has 2 rings (SSSR count). The van der Waals surface area contributed by atoms with E-state index in [0.29, 0.717) is 18.1 Å². The number of rotatable bonds is 3. The van der Waals surface area contributed by atoms with Gasteiger partial charge in [0.25, 0.3) is 0 Å². The van der Waals surface area contributed by atoms with E-state index in [9.17, 15) is 4.79 Å². The smallest absolute Gasteiger partial charge is 0.140 e. The molecule has 1 aromatic carbocycles. The van der Waals surface area contributed by atoms with Crippen LogP contribution >= 0.6 is 15.9 Å². The molecule has 0 radical (unpaired) electrons. The van der Waals surface area contributed by atoms with Gasteiger partial charge in [-0.15, -0.1) is 0 Å². The van der Waals surface area contributed by atoms with Gasteiger partial charge in [-0.2, -0.15) is 0 Å². The number of carbonyl (C=O) groups is 1. The summed E-state index contributed by atoms with van der Waals surface area (Å²) in [6.07, 6.45) is 3.93. The first-order valence-electron chi connectivity index (χ1n) is 6.84. The maximum Gasteiger partial charge on any atom is 0.140 e. The summed E-state index contributed by atoms with van der Waals surface area (Å²) in [6, 6.07) is 8.03. The number of hydrogen-bond acceptors (Lipinski definition) is 1. The van der Waals surface area contributed by atoms with Gasteiger partial charge in [0, 0.05) is 16.8 Å². The molecule has 1 nitrogen and oxygen atoms in total. The van der Waals surface area contributed by atoms with E-state index < -0.39 is 0 Å². The van der Waals surface area contributed by atoms with Crippen LogP contribution in [0.5, 0.6) is 0 Å². The summed E-state index contributed by atoms with van der Waals surface area (Å²) in [5, 5.41) is 0. The second-order valence-electron chi connectivity index (χ2n) is 5.70. The quantitative estimate of drug-likeness (QED) is 0.795. The molecule has 0 aliphatic heterocycles. The number of carbonyl (C=O) groups excluding carboxylic acids is 1. The Balaban J connectivity index is 1.99. The monoisotopic (exact) mass is 308 g/mol. The topological polar surface area (TPSA) is 17.1 Å². The van der Waals surface area contributed by atoms with Gasteiger partial charge >= 0.3 is 0 Å². The van der Waals surface area contributed by atoms with Crippen molar-refractivity contribution in [1.82, 2.24) is 0 Å². The molecule has 0 amide bonds. The zero-order chi connectivity index (χ0) is 13.1. The fourth-order valence-electron chi connectivity index (χ4n) is 2.81. The van der Waals surface area contributed by atoms with Crippen LogP contribution in [0.2, 0.25) is 0 Å². The lowest BCUT2D eigenvalue weighted by atomic mass is 9.73. The lowest BCUT2D eigenvalue weighted by Crippen LogP contribution is -2.27. The van der Waals surface area contributed by atoms with Crippen LogP contribution in [0.3, 0.4) is 0 Å². The zero-order valence-corrected chi connectivity index (χ0v) is 12.7. The number of hydrogen-bond donors (Lipinski definition) is 0. The van der Waals surface area contributed by atoms with Gasteiger partial charge in [0.15, 0.2) is 0 Å². The molecule has 3 atom stereocenters. The minimum atomic E-state index is 0.281. The molecular formula is C16H21BrO. The SMILES string of the molecule is CC1CCC(C(=O)Cc2ccccc2Br)CC1C. The first-order chi connectivity index (χ1) is 8.58. The molecule has 1 aliphatic rings. The van der Waals surface area contributed by atoms with Crippen molar-refractivity contribution in [3.8, 4) is 0 Å². The Kier molecular flexibility index (Phi) is 4.60. The van der Waals surface area contributed by atoms with E-state index in [-0.39, 0.29) is 5.92 Å². The fraction of sp³-hybridized carbons (Fsp3) is 0.562. The Morgan fingerprint density at radius 1 is 1.22 bits per heavy atom. The number of ketones is 1. The van der Waals surface area contributed by atoms with E-state index in [0.717, 1.165) is 28.8 Å². The largest absolute Gasteiger partial charge is 0.299 e. The lowest BCUT2D eigenvalue weighted by Gasteiger charge is -2.31. The molecule has 1 aliphatic carbocycles. The average Bonchev–Trinajstić information content (AvgIpc) is 2.35. The Hall–Kier alpha value is -0.630. The molecule has 18 heavy (non-hydrogen) atoms. The Bertz CT molecular complexity index is 427. The van der Waals surface area contributed by atoms with Gasteiger partial charge in [0.2, 0.25) is 0 Å². The molecule has 1 aromatic rings. The van der Waals surface area contributed by atoms with Crippen molar-refractivity contribution >= 4 is 21.7 Å². The van der Waals surface area contributed by atoms with Crippen molar-refractivity contribution in [3.05, 3.63) is 34.3 Å². The van der Waals surface area contributed by atoms with Gasteiger partial charge in [-0.3, -0.25) is 4.79 Å². The second kappa shape index (κ2) is 6.01. The highest BCUT2D eigenvalue weighted by molar-refractivity contribution is 9.10. The molecule has 2 heteroatoms. The minimum Gasteiger partial charge on any atom is -0.299 e. The van der Waals surface area contributed by atoms with E-state index in [1.54, 1.807) is 0 Å². The summed E-state index contributed by atoms with van der Waals surface area (Å²) in [4.78, 5) is 12.4. The van der Waals surface area contributed by atoms with Crippen LogP contribution in [0.25, 0.3) is 0 Å². The molecule has 0 bridgehead atoms.